The zero-order valence-electron chi connectivity index (χ0n) is 20.3. The fourth-order valence-corrected chi connectivity index (χ4v) is 6.15. The van der Waals surface area contributed by atoms with Gasteiger partial charge in [0.1, 0.15) is 23.8 Å². The number of aliphatic hydroxyl groups is 1. The maximum atomic E-state index is 14.2. The Balaban J connectivity index is 1.50. The van der Waals surface area contributed by atoms with E-state index in [1.807, 2.05) is 24.3 Å². The van der Waals surface area contributed by atoms with E-state index in [0.29, 0.717) is 24.8 Å². The number of nitrogens with zero attached hydrogens (tertiary/aromatic N) is 5. The van der Waals surface area contributed by atoms with Crippen molar-refractivity contribution in [1.82, 2.24) is 24.8 Å². The standard InChI is InChI=1S/C25H31N5O6/c1-3-12-28(15-30-17-9-6-5-8-16(17)26-27-30)23(33)21-25-11-10-18(36-25)19(24(34)35-4-2)20(25)22(32)29(21)13-7-14-31/h3,5-6,8-9,18-21,31H,1,4,7,10-15H2,2H3/t18-,19+,20+,21-,25+/m0/s1. The van der Waals surface area contributed by atoms with Crippen molar-refractivity contribution in [3.05, 3.63) is 36.9 Å². The summed E-state index contributed by atoms with van der Waals surface area (Å²) in [7, 11) is 0. The zero-order valence-corrected chi connectivity index (χ0v) is 20.3. The first-order valence-corrected chi connectivity index (χ1v) is 12.4. The molecule has 1 aromatic carbocycles. The molecule has 1 aromatic heterocycles. The first-order chi connectivity index (χ1) is 17.5. The van der Waals surface area contributed by atoms with Crippen molar-refractivity contribution in [2.45, 2.75) is 50.6 Å². The molecule has 11 nitrogen and oxygen atoms in total. The summed E-state index contributed by atoms with van der Waals surface area (Å²) in [6.45, 7) is 6.11. The number of para-hydroxylation sites is 1. The van der Waals surface area contributed by atoms with E-state index >= 15 is 0 Å². The number of hydrogen-bond donors (Lipinski definition) is 1. The third kappa shape index (κ3) is 3.68. The maximum absolute atomic E-state index is 14.2. The van der Waals surface area contributed by atoms with Crippen LogP contribution in [0.4, 0.5) is 0 Å². The molecule has 36 heavy (non-hydrogen) atoms. The SMILES string of the molecule is C=CCN(Cn1nnc2ccccc21)C(=O)[C@@H]1N(CCCO)C(=O)[C@H]2[C@H](C(=O)OCC)[C@@H]3CC[C@]12O3. The molecule has 2 amide bonds. The molecule has 0 aliphatic carbocycles. The van der Waals surface area contributed by atoms with Gasteiger partial charge in [-0.15, -0.1) is 11.7 Å². The Morgan fingerprint density at radius 1 is 1.39 bits per heavy atom. The Labute approximate surface area is 208 Å². The lowest BCUT2D eigenvalue weighted by Gasteiger charge is -2.36. The van der Waals surface area contributed by atoms with Crippen molar-refractivity contribution in [2.24, 2.45) is 11.8 Å². The van der Waals surface area contributed by atoms with Gasteiger partial charge in [0.05, 0.1) is 30.1 Å². The summed E-state index contributed by atoms with van der Waals surface area (Å²) < 4.78 is 13.3. The summed E-state index contributed by atoms with van der Waals surface area (Å²) in [5, 5.41) is 17.9. The van der Waals surface area contributed by atoms with E-state index in [2.05, 4.69) is 16.9 Å². The molecule has 0 radical (unpaired) electrons. The fourth-order valence-electron chi connectivity index (χ4n) is 6.15. The molecule has 3 saturated heterocycles. The average molecular weight is 498 g/mol. The predicted molar refractivity (Wildman–Crippen MR) is 127 cm³/mol. The summed E-state index contributed by atoms with van der Waals surface area (Å²) in [6, 6.07) is 6.52. The van der Waals surface area contributed by atoms with E-state index < -0.39 is 35.6 Å². The molecular weight excluding hydrogens is 466 g/mol. The number of benzene rings is 1. The van der Waals surface area contributed by atoms with Crippen molar-refractivity contribution in [3.8, 4) is 0 Å². The first-order valence-electron chi connectivity index (χ1n) is 12.4. The van der Waals surface area contributed by atoms with Crippen LogP contribution in [0.25, 0.3) is 11.0 Å². The molecule has 3 aliphatic heterocycles. The van der Waals surface area contributed by atoms with E-state index in [1.54, 1.807) is 22.6 Å². The topological polar surface area (TPSA) is 127 Å². The van der Waals surface area contributed by atoms with Gasteiger partial charge < -0.3 is 24.4 Å². The molecule has 3 aliphatic rings. The van der Waals surface area contributed by atoms with Crippen molar-refractivity contribution < 1.29 is 29.0 Å². The maximum Gasteiger partial charge on any atom is 0.312 e. The van der Waals surface area contributed by atoms with Gasteiger partial charge in [0, 0.05) is 19.7 Å². The lowest BCUT2D eigenvalue weighted by molar-refractivity contribution is -0.155. The smallest absolute Gasteiger partial charge is 0.312 e. The van der Waals surface area contributed by atoms with Crippen molar-refractivity contribution in [2.75, 3.05) is 26.3 Å². The van der Waals surface area contributed by atoms with Crippen LogP contribution in [-0.4, -0.2) is 91.7 Å². The molecule has 1 N–H and O–H groups in total. The summed E-state index contributed by atoms with van der Waals surface area (Å²) in [4.78, 5) is 43.8. The van der Waals surface area contributed by atoms with Gasteiger partial charge in [0.2, 0.25) is 11.8 Å². The highest BCUT2D eigenvalue weighted by Crippen LogP contribution is 2.58. The number of hydrogen-bond acceptors (Lipinski definition) is 8. The largest absolute Gasteiger partial charge is 0.466 e. The van der Waals surface area contributed by atoms with Crippen LogP contribution in [0.5, 0.6) is 0 Å². The molecule has 3 fully saturated rings. The molecular formula is C25H31N5O6. The molecule has 11 heteroatoms. The Bertz CT molecular complexity index is 1180. The summed E-state index contributed by atoms with van der Waals surface area (Å²) in [5.74, 6) is -2.61. The lowest BCUT2D eigenvalue weighted by Crippen LogP contribution is -2.56. The van der Waals surface area contributed by atoms with E-state index in [9.17, 15) is 19.5 Å². The van der Waals surface area contributed by atoms with Crippen LogP contribution in [0.2, 0.25) is 0 Å². The first kappa shape index (κ1) is 24.4. The third-order valence-electron chi connectivity index (χ3n) is 7.54. The van der Waals surface area contributed by atoms with Gasteiger partial charge >= 0.3 is 5.97 Å². The summed E-state index contributed by atoms with van der Waals surface area (Å²) in [5.41, 5.74) is 0.364. The van der Waals surface area contributed by atoms with Crippen molar-refractivity contribution >= 4 is 28.8 Å². The minimum atomic E-state index is -1.12. The average Bonchev–Trinajstić information content (AvgIpc) is 3.62. The minimum absolute atomic E-state index is 0.107. The highest BCUT2D eigenvalue weighted by molar-refractivity contribution is 5.98. The van der Waals surface area contributed by atoms with Gasteiger partial charge in [-0.2, -0.15) is 0 Å². The van der Waals surface area contributed by atoms with Gasteiger partial charge in [-0.25, -0.2) is 4.68 Å². The number of aliphatic hydroxyl groups excluding tert-OH is 1. The van der Waals surface area contributed by atoms with E-state index in [0.717, 1.165) is 5.52 Å². The number of rotatable bonds is 10. The molecule has 4 heterocycles. The predicted octanol–water partition coefficient (Wildman–Crippen LogP) is 0.724. The molecule has 2 aromatic rings. The third-order valence-corrected chi connectivity index (χ3v) is 7.54. The van der Waals surface area contributed by atoms with Gasteiger partial charge in [-0.3, -0.25) is 14.4 Å². The van der Waals surface area contributed by atoms with E-state index in [4.69, 9.17) is 9.47 Å². The highest BCUT2D eigenvalue weighted by atomic mass is 16.6. The Hall–Kier alpha value is -3.31. The van der Waals surface area contributed by atoms with Crippen LogP contribution in [0.3, 0.4) is 0 Å². The molecule has 0 saturated carbocycles. The van der Waals surface area contributed by atoms with Gasteiger partial charge in [-0.05, 0) is 38.3 Å². The molecule has 2 bridgehead atoms. The normalized spacial score (nSPS) is 28.5. The molecule has 1 spiro atoms. The van der Waals surface area contributed by atoms with Crippen LogP contribution in [-0.2, 0) is 30.5 Å². The van der Waals surface area contributed by atoms with Gasteiger partial charge in [-0.1, -0.05) is 23.4 Å². The Morgan fingerprint density at radius 2 is 2.19 bits per heavy atom. The number of amides is 2. The van der Waals surface area contributed by atoms with Crippen molar-refractivity contribution in [1.29, 1.82) is 0 Å². The number of carbonyl (C=O) groups is 3. The molecule has 5 rings (SSSR count). The van der Waals surface area contributed by atoms with E-state index in [-0.39, 0.29) is 44.8 Å². The van der Waals surface area contributed by atoms with Crippen LogP contribution >= 0.6 is 0 Å². The second-order valence-electron chi connectivity index (χ2n) is 9.49. The summed E-state index contributed by atoms with van der Waals surface area (Å²) >= 11 is 0. The van der Waals surface area contributed by atoms with Crippen LogP contribution in [0, 0.1) is 11.8 Å². The molecule has 192 valence electrons. The molecule has 5 atom stereocenters. The quantitative estimate of drug-likeness (QED) is 0.376. The van der Waals surface area contributed by atoms with E-state index in [1.165, 1.54) is 4.90 Å². The van der Waals surface area contributed by atoms with Crippen LogP contribution < -0.4 is 0 Å². The molecule has 0 unspecified atom stereocenters. The minimum Gasteiger partial charge on any atom is -0.466 e. The zero-order chi connectivity index (χ0) is 25.4. The lowest BCUT2D eigenvalue weighted by atomic mass is 9.70. The highest BCUT2D eigenvalue weighted by Gasteiger charge is 2.75. The number of aromatic nitrogens is 3. The van der Waals surface area contributed by atoms with Crippen LogP contribution in [0.15, 0.2) is 36.9 Å². The Morgan fingerprint density at radius 3 is 2.94 bits per heavy atom. The monoisotopic (exact) mass is 497 g/mol. The number of fused-ring (bicyclic) bond motifs is 2. The Kier molecular flexibility index (Phi) is 6.52. The van der Waals surface area contributed by atoms with Gasteiger partial charge in [0.25, 0.3) is 0 Å². The number of likely N-dealkylation sites (tertiary alicyclic amines) is 1. The van der Waals surface area contributed by atoms with Crippen molar-refractivity contribution in [3.63, 3.8) is 0 Å². The number of carbonyl (C=O) groups excluding carboxylic acids is 3. The number of ether oxygens (including phenoxy) is 2. The summed E-state index contributed by atoms with van der Waals surface area (Å²) in [6.07, 6.45) is 2.53. The number of esters is 1. The second-order valence-corrected chi connectivity index (χ2v) is 9.49. The van der Waals surface area contributed by atoms with Gasteiger partial charge in [0.15, 0.2) is 0 Å². The second kappa shape index (κ2) is 9.62. The fraction of sp³-hybridized carbons (Fsp3) is 0.560. The van der Waals surface area contributed by atoms with Crippen LogP contribution in [0.1, 0.15) is 26.2 Å².